The summed E-state index contributed by atoms with van der Waals surface area (Å²) < 4.78 is 25.1. The molecule has 0 amide bonds. The third-order valence-corrected chi connectivity index (χ3v) is 1.40. The van der Waals surface area contributed by atoms with Gasteiger partial charge in [0.2, 0.25) is 0 Å². The molecule has 0 unspecified atom stereocenters. The van der Waals surface area contributed by atoms with E-state index in [-0.39, 0.29) is 12.6 Å². The van der Waals surface area contributed by atoms with Crippen molar-refractivity contribution >= 4 is 5.82 Å². The van der Waals surface area contributed by atoms with Gasteiger partial charge in [-0.25, -0.2) is 8.78 Å². The van der Waals surface area contributed by atoms with Crippen molar-refractivity contribution in [3.63, 3.8) is 0 Å². The van der Waals surface area contributed by atoms with Gasteiger partial charge in [0.15, 0.2) is 0 Å². The van der Waals surface area contributed by atoms with Crippen molar-refractivity contribution in [1.82, 2.24) is 9.78 Å². The summed E-state index contributed by atoms with van der Waals surface area (Å²) >= 11 is 0. The minimum Gasteiger partial charge on any atom is -0.366 e. The van der Waals surface area contributed by atoms with Crippen LogP contribution in [0.5, 0.6) is 0 Å². The average Bonchev–Trinajstić information content (AvgIpc) is 2.33. The Morgan fingerprint density at radius 2 is 2.23 bits per heavy atom. The first-order chi connectivity index (χ1) is 6.08. The molecule has 1 rings (SSSR count). The Hall–Kier alpha value is -1.13. The number of nitrogens with zero attached hydrogens (tertiary/aromatic N) is 2. The van der Waals surface area contributed by atoms with Crippen LogP contribution in [-0.4, -0.2) is 22.2 Å². The Morgan fingerprint density at radius 3 is 2.77 bits per heavy atom. The van der Waals surface area contributed by atoms with Gasteiger partial charge in [-0.15, -0.1) is 0 Å². The molecule has 1 aromatic rings. The number of aromatic nitrogens is 2. The van der Waals surface area contributed by atoms with E-state index < -0.39 is 6.43 Å². The van der Waals surface area contributed by atoms with Crippen LogP contribution in [-0.2, 0) is 6.54 Å². The lowest BCUT2D eigenvalue weighted by molar-refractivity contribution is 0.122. The number of anilines is 1. The fourth-order valence-corrected chi connectivity index (χ4v) is 0.978. The maximum absolute atomic E-state index is 11.9. The second-order valence-electron chi connectivity index (χ2n) is 3.11. The third-order valence-electron chi connectivity index (χ3n) is 1.40. The molecule has 0 radical (unpaired) electrons. The van der Waals surface area contributed by atoms with Crippen LogP contribution in [0.1, 0.15) is 13.8 Å². The van der Waals surface area contributed by atoms with E-state index in [1.165, 1.54) is 10.9 Å². The lowest BCUT2D eigenvalue weighted by Gasteiger charge is -2.05. The van der Waals surface area contributed by atoms with E-state index in [1.807, 2.05) is 13.8 Å². The molecule has 13 heavy (non-hydrogen) atoms. The Morgan fingerprint density at radius 1 is 1.54 bits per heavy atom. The minimum absolute atomic E-state index is 0.259. The monoisotopic (exact) mass is 189 g/mol. The van der Waals surface area contributed by atoms with Gasteiger partial charge in [0, 0.05) is 18.3 Å². The fraction of sp³-hybridized carbons (Fsp3) is 0.625. The lowest BCUT2D eigenvalue weighted by Crippen LogP contribution is -2.12. The van der Waals surface area contributed by atoms with Gasteiger partial charge < -0.3 is 5.32 Å². The molecule has 3 nitrogen and oxygen atoms in total. The number of rotatable bonds is 4. The molecule has 0 fully saturated rings. The quantitative estimate of drug-likeness (QED) is 0.784. The van der Waals surface area contributed by atoms with E-state index in [2.05, 4.69) is 10.4 Å². The summed E-state index contributed by atoms with van der Waals surface area (Å²) in [6.07, 6.45) is -0.816. The predicted molar refractivity (Wildman–Crippen MR) is 47.0 cm³/mol. The highest BCUT2D eigenvalue weighted by Crippen LogP contribution is 2.05. The summed E-state index contributed by atoms with van der Waals surface area (Å²) in [7, 11) is 0. The van der Waals surface area contributed by atoms with E-state index in [0.29, 0.717) is 5.82 Å². The molecule has 5 heteroatoms. The van der Waals surface area contributed by atoms with Crippen molar-refractivity contribution in [2.75, 3.05) is 5.32 Å². The zero-order valence-electron chi connectivity index (χ0n) is 7.67. The Labute approximate surface area is 75.7 Å². The molecule has 1 N–H and O–H groups in total. The van der Waals surface area contributed by atoms with Crippen molar-refractivity contribution in [2.45, 2.75) is 32.9 Å². The standard InChI is InChI=1S/C8H13F2N3/c1-6(2)11-8-3-4-13(12-8)5-7(9)10/h3-4,6-7H,5H2,1-2H3,(H,11,12). The summed E-state index contributed by atoms with van der Waals surface area (Å²) in [4.78, 5) is 0. The first-order valence-corrected chi connectivity index (χ1v) is 4.16. The topological polar surface area (TPSA) is 29.9 Å². The molecule has 0 aliphatic carbocycles. The van der Waals surface area contributed by atoms with E-state index in [0.717, 1.165) is 0 Å². The van der Waals surface area contributed by atoms with Crippen molar-refractivity contribution in [1.29, 1.82) is 0 Å². The van der Waals surface area contributed by atoms with Gasteiger partial charge in [0.1, 0.15) is 12.4 Å². The SMILES string of the molecule is CC(C)Nc1ccn(CC(F)F)n1. The number of hydrogen-bond acceptors (Lipinski definition) is 2. The van der Waals surface area contributed by atoms with E-state index in [9.17, 15) is 8.78 Å². The normalized spacial score (nSPS) is 11.2. The number of nitrogens with one attached hydrogen (secondary N) is 1. The minimum atomic E-state index is -2.35. The average molecular weight is 189 g/mol. The molecule has 0 spiro atoms. The van der Waals surface area contributed by atoms with E-state index >= 15 is 0 Å². The smallest absolute Gasteiger partial charge is 0.257 e. The van der Waals surface area contributed by atoms with Crippen LogP contribution in [0, 0.1) is 0 Å². The first-order valence-electron chi connectivity index (χ1n) is 4.16. The molecular weight excluding hydrogens is 176 g/mol. The molecule has 0 bridgehead atoms. The Balaban J connectivity index is 2.53. The van der Waals surface area contributed by atoms with Gasteiger partial charge in [-0.1, -0.05) is 0 Å². The van der Waals surface area contributed by atoms with E-state index in [4.69, 9.17) is 0 Å². The molecule has 0 aliphatic rings. The molecule has 0 aliphatic heterocycles. The Bertz CT molecular complexity index is 233. The maximum Gasteiger partial charge on any atom is 0.257 e. The molecule has 0 aromatic carbocycles. The highest BCUT2D eigenvalue weighted by atomic mass is 19.3. The van der Waals surface area contributed by atoms with Crippen LogP contribution in [0.3, 0.4) is 0 Å². The molecule has 74 valence electrons. The summed E-state index contributed by atoms with van der Waals surface area (Å²) in [5, 5.41) is 6.94. The highest BCUT2D eigenvalue weighted by molar-refractivity contribution is 5.32. The van der Waals surface area contributed by atoms with Crippen molar-refractivity contribution in [2.24, 2.45) is 0 Å². The first kappa shape index (κ1) is 9.95. The van der Waals surface area contributed by atoms with Crippen LogP contribution in [0.25, 0.3) is 0 Å². The summed E-state index contributed by atoms with van der Waals surface area (Å²) in [5.41, 5.74) is 0. The van der Waals surface area contributed by atoms with Crippen LogP contribution in [0.4, 0.5) is 14.6 Å². The van der Waals surface area contributed by atoms with Crippen LogP contribution in [0.2, 0.25) is 0 Å². The molecule has 1 aromatic heterocycles. The maximum atomic E-state index is 11.9. The van der Waals surface area contributed by atoms with Crippen molar-refractivity contribution in [3.8, 4) is 0 Å². The zero-order chi connectivity index (χ0) is 9.84. The molecule has 0 saturated carbocycles. The van der Waals surface area contributed by atoms with Gasteiger partial charge in [-0.2, -0.15) is 5.10 Å². The van der Waals surface area contributed by atoms with E-state index in [1.54, 1.807) is 6.07 Å². The predicted octanol–water partition coefficient (Wildman–Crippen LogP) is 1.97. The van der Waals surface area contributed by atoms with Gasteiger partial charge in [-0.3, -0.25) is 4.68 Å². The molecule has 0 saturated heterocycles. The fourth-order valence-electron chi connectivity index (χ4n) is 0.978. The summed E-state index contributed by atoms with van der Waals surface area (Å²) in [6.45, 7) is 3.58. The zero-order valence-corrected chi connectivity index (χ0v) is 7.67. The van der Waals surface area contributed by atoms with Crippen LogP contribution >= 0.6 is 0 Å². The van der Waals surface area contributed by atoms with Crippen molar-refractivity contribution < 1.29 is 8.78 Å². The molecule has 0 atom stereocenters. The van der Waals surface area contributed by atoms with Crippen molar-refractivity contribution in [3.05, 3.63) is 12.3 Å². The second-order valence-corrected chi connectivity index (χ2v) is 3.11. The number of alkyl halides is 2. The second kappa shape index (κ2) is 4.20. The van der Waals surface area contributed by atoms with Crippen LogP contribution < -0.4 is 5.32 Å². The summed E-state index contributed by atoms with van der Waals surface area (Å²) in [5.74, 6) is 0.635. The van der Waals surface area contributed by atoms with Gasteiger partial charge in [0.25, 0.3) is 6.43 Å². The number of halogens is 2. The Kier molecular flexibility index (Phi) is 3.22. The third kappa shape index (κ3) is 3.40. The van der Waals surface area contributed by atoms with Gasteiger partial charge in [0.05, 0.1) is 0 Å². The molecular formula is C8H13F2N3. The van der Waals surface area contributed by atoms with Gasteiger partial charge >= 0.3 is 0 Å². The largest absolute Gasteiger partial charge is 0.366 e. The van der Waals surface area contributed by atoms with Gasteiger partial charge in [-0.05, 0) is 13.8 Å². The molecule has 1 heterocycles. The number of hydrogen-bond donors (Lipinski definition) is 1. The highest BCUT2D eigenvalue weighted by Gasteiger charge is 2.05. The lowest BCUT2D eigenvalue weighted by atomic mass is 10.4. The van der Waals surface area contributed by atoms with Crippen LogP contribution in [0.15, 0.2) is 12.3 Å². The summed E-state index contributed by atoms with van der Waals surface area (Å²) in [6, 6.07) is 1.94.